The van der Waals surface area contributed by atoms with Crippen molar-refractivity contribution in [2.45, 2.75) is 26.7 Å². The van der Waals surface area contributed by atoms with Crippen LogP contribution in [0, 0.1) is 12.3 Å². The largest absolute Gasteiger partial charge is 0.337 e. The average molecular weight is 295 g/mol. The number of carbonyl (C=O) groups excluding carboxylic acids is 1. The molecule has 1 amide bonds. The quantitative estimate of drug-likeness (QED) is 0.855. The van der Waals surface area contributed by atoms with Gasteiger partial charge in [0.2, 0.25) is 0 Å². The second-order valence-electron chi connectivity index (χ2n) is 6.66. The summed E-state index contributed by atoms with van der Waals surface area (Å²) in [7, 11) is 0. The molecule has 1 fully saturated rings. The Morgan fingerprint density at radius 1 is 1.18 bits per heavy atom. The number of aryl methyl sites for hydroxylation is 1. The first-order chi connectivity index (χ1) is 10.5. The van der Waals surface area contributed by atoms with Gasteiger partial charge in [-0.05, 0) is 17.9 Å². The Bertz CT molecular complexity index is 664. The molecule has 1 saturated heterocycles. The summed E-state index contributed by atoms with van der Waals surface area (Å²) in [5.74, 6) is 1.05. The van der Waals surface area contributed by atoms with E-state index in [0.717, 1.165) is 13.1 Å². The molecule has 1 aliphatic rings. The van der Waals surface area contributed by atoms with Gasteiger partial charge in [0.1, 0.15) is 5.82 Å². The van der Waals surface area contributed by atoms with Crippen LogP contribution in [-0.2, 0) is 0 Å². The van der Waals surface area contributed by atoms with Gasteiger partial charge in [-0.15, -0.1) is 0 Å². The van der Waals surface area contributed by atoms with Gasteiger partial charge in [0.15, 0.2) is 0 Å². The van der Waals surface area contributed by atoms with Crippen molar-refractivity contribution in [1.82, 2.24) is 14.9 Å². The summed E-state index contributed by atoms with van der Waals surface area (Å²) < 4.78 is 0. The van der Waals surface area contributed by atoms with Crippen LogP contribution in [0.2, 0.25) is 0 Å². The first-order valence-electron chi connectivity index (χ1n) is 7.60. The highest BCUT2D eigenvalue weighted by Crippen LogP contribution is 2.42. The molecule has 0 aliphatic carbocycles. The van der Waals surface area contributed by atoms with E-state index in [1.54, 1.807) is 12.4 Å². The molecule has 114 valence electrons. The lowest BCUT2D eigenvalue weighted by atomic mass is 9.78. The topological polar surface area (TPSA) is 46.1 Å². The Labute approximate surface area is 131 Å². The van der Waals surface area contributed by atoms with Crippen LogP contribution in [0.5, 0.6) is 0 Å². The Morgan fingerprint density at radius 2 is 1.82 bits per heavy atom. The summed E-state index contributed by atoms with van der Waals surface area (Å²) in [4.78, 5) is 22.8. The van der Waals surface area contributed by atoms with Gasteiger partial charge in [-0.2, -0.15) is 0 Å². The first kappa shape index (κ1) is 14.7. The number of hydrogen-bond donors (Lipinski definition) is 0. The molecule has 3 rings (SSSR count). The van der Waals surface area contributed by atoms with Crippen molar-refractivity contribution in [3.8, 4) is 0 Å². The van der Waals surface area contributed by atoms with Crippen LogP contribution < -0.4 is 0 Å². The standard InChI is InChI=1S/C18H21N3O/c1-13-19-9-15(10-20-13)17(22)21-11-16(18(2,3)12-21)14-7-5-4-6-8-14/h4-10,16H,11-12H2,1-3H3/t16-/m1/s1. The lowest BCUT2D eigenvalue weighted by Crippen LogP contribution is -2.30. The summed E-state index contributed by atoms with van der Waals surface area (Å²) in [5, 5.41) is 0. The molecular weight excluding hydrogens is 274 g/mol. The van der Waals surface area contributed by atoms with Crippen molar-refractivity contribution in [1.29, 1.82) is 0 Å². The van der Waals surface area contributed by atoms with Crippen molar-refractivity contribution >= 4 is 5.91 Å². The highest BCUT2D eigenvalue weighted by Gasteiger charge is 2.42. The van der Waals surface area contributed by atoms with Gasteiger partial charge in [-0.3, -0.25) is 4.79 Å². The summed E-state index contributed by atoms with van der Waals surface area (Å²) in [5.41, 5.74) is 1.92. The van der Waals surface area contributed by atoms with Gasteiger partial charge in [-0.25, -0.2) is 9.97 Å². The van der Waals surface area contributed by atoms with Crippen molar-refractivity contribution in [3.05, 3.63) is 59.7 Å². The minimum atomic E-state index is 0.0199. The number of hydrogen-bond acceptors (Lipinski definition) is 3. The lowest BCUT2D eigenvalue weighted by molar-refractivity contribution is 0.0777. The van der Waals surface area contributed by atoms with Crippen molar-refractivity contribution in [2.75, 3.05) is 13.1 Å². The summed E-state index contributed by atoms with van der Waals surface area (Å²) >= 11 is 0. The van der Waals surface area contributed by atoms with Crippen molar-refractivity contribution in [2.24, 2.45) is 5.41 Å². The fraction of sp³-hybridized carbons (Fsp3) is 0.389. The molecule has 1 aromatic heterocycles. The molecule has 22 heavy (non-hydrogen) atoms. The van der Waals surface area contributed by atoms with E-state index in [1.165, 1.54) is 5.56 Å². The molecule has 1 aliphatic heterocycles. The van der Waals surface area contributed by atoms with Crippen LogP contribution in [0.4, 0.5) is 0 Å². The molecule has 2 aromatic rings. The smallest absolute Gasteiger partial charge is 0.257 e. The van der Waals surface area contributed by atoms with E-state index in [-0.39, 0.29) is 11.3 Å². The minimum Gasteiger partial charge on any atom is -0.337 e. The lowest BCUT2D eigenvalue weighted by Gasteiger charge is -2.25. The zero-order valence-electron chi connectivity index (χ0n) is 13.3. The number of amides is 1. The van der Waals surface area contributed by atoms with Gasteiger partial charge in [0, 0.05) is 31.4 Å². The molecule has 2 heterocycles. The normalized spacial score (nSPS) is 20.1. The van der Waals surface area contributed by atoms with Crippen LogP contribution >= 0.6 is 0 Å². The predicted octanol–water partition coefficient (Wildman–Crippen LogP) is 3.05. The van der Waals surface area contributed by atoms with Gasteiger partial charge in [0.05, 0.1) is 5.56 Å². The van der Waals surface area contributed by atoms with Crippen LogP contribution in [0.25, 0.3) is 0 Å². The molecule has 0 radical (unpaired) electrons. The molecule has 0 saturated carbocycles. The maximum atomic E-state index is 12.7. The summed E-state index contributed by atoms with van der Waals surface area (Å²) in [6.45, 7) is 7.76. The molecule has 0 bridgehead atoms. The van der Waals surface area contributed by atoms with Gasteiger partial charge in [0.25, 0.3) is 5.91 Å². The number of nitrogens with zero attached hydrogens (tertiary/aromatic N) is 3. The second-order valence-corrected chi connectivity index (χ2v) is 6.66. The van der Waals surface area contributed by atoms with Gasteiger partial charge in [-0.1, -0.05) is 44.2 Å². The maximum Gasteiger partial charge on any atom is 0.257 e. The second kappa shape index (κ2) is 5.52. The molecule has 1 aromatic carbocycles. The van der Waals surface area contributed by atoms with Crippen LogP contribution in [0.15, 0.2) is 42.7 Å². The van der Waals surface area contributed by atoms with E-state index in [0.29, 0.717) is 17.3 Å². The van der Waals surface area contributed by atoms with Crippen LogP contribution in [-0.4, -0.2) is 33.9 Å². The van der Waals surface area contributed by atoms with E-state index in [9.17, 15) is 4.79 Å². The minimum absolute atomic E-state index is 0.0199. The predicted molar refractivity (Wildman–Crippen MR) is 85.6 cm³/mol. The zero-order valence-corrected chi connectivity index (χ0v) is 13.3. The SMILES string of the molecule is Cc1ncc(C(=O)N2C[C@H](c3ccccc3)C(C)(C)C2)cn1. The number of likely N-dealkylation sites (tertiary alicyclic amines) is 1. The third-order valence-electron chi connectivity index (χ3n) is 4.46. The zero-order chi connectivity index (χ0) is 15.7. The van der Waals surface area contributed by atoms with E-state index in [4.69, 9.17) is 0 Å². The first-order valence-corrected chi connectivity index (χ1v) is 7.60. The van der Waals surface area contributed by atoms with Crippen LogP contribution in [0.1, 0.15) is 41.5 Å². The maximum absolute atomic E-state index is 12.7. The molecule has 4 heteroatoms. The van der Waals surface area contributed by atoms with E-state index < -0.39 is 0 Å². The number of rotatable bonds is 2. The molecule has 1 atom stereocenters. The Balaban J connectivity index is 1.83. The van der Waals surface area contributed by atoms with E-state index in [2.05, 4.69) is 48.1 Å². The fourth-order valence-corrected chi connectivity index (χ4v) is 3.22. The molecule has 0 N–H and O–H groups in total. The Hall–Kier alpha value is -2.23. The van der Waals surface area contributed by atoms with Gasteiger partial charge >= 0.3 is 0 Å². The summed E-state index contributed by atoms with van der Waals surface area (Å²) in [6, 6.07) is 10.4. The third-order valence-corrected chi connectivity index (χ3v) is 4.46. The fourth-order valence-electron chi connectivity index (χ4n) is 3.22. The highest BCUT2D eigenvalue weighted by molar-refractivity contribution is 5.94. The number of carbonyl (C=O) groups is 1. The monoisotopic (exact) mass is 295 g/mol. The average Bonchev–Trinajstić information content (AvgIpc) is 2.84. The van der Waals surface area contributed by atoms with Crippen molar-refractivity contribution < 1.29 is 4.79 Å². The van der Waals surface area contributed by atoms with E-state index in [1.807, 2.05) is 17.9 Å². The van der Waals surface area contributed by atoms with Gasteiger partial charge < -0.3 is 4.90 Å². The van der Waals surface area contributed by atoms with Crippen LogP contribution in [0.3, 0.4) is 0 Å². The number of aromatic nitrogens is 2. The molecule has 0 spiro atoms. The highest BCUT2D eigenvalue weighted by atomic mass is 16.2. The Morgan fingerprint density at radius 3 is 2.45 bits per heavy atom. The molecule has 4 nitrogen and oxygen atoms in total. The molecule has 0 unspecified atom stereocenters. The summed E-state index contributed by atoms with van der Waals surface area (Å²) in [6.07, 6.45) is 3.24. The number of benzene rings is 1. The van der Waals surface area contributed by atoms with E-state index >= 15 is 0 Å². The molecular formula is C18H21N3O. The Kier molecular flexibility index (Phi) is 3.69. The van der Waals surface area contributed by atoms with Crippen molar-refractivity contribution in [3.63, 3.8) is 0 Å². The third kappa shape index (κ3) is 2.73.